The third kappa shape index (κ3) is 8.68. The van der Waals surface area contributed by atoms with Gasteiger partial charge < -0.3 is 20.1 Å². The van der Waals surface area contributed by atoms with Gasteiger partial charge in [-0.25, -0.2) is 18.3 Å². The molecule has 1 aliphatic carbocycles. The Kier molecular flexibility index (Phi) is 9.93. The van der Waals surface area contributed by atoms with E-state index in [2.05, 4.69) is 26.0 Å². The van der Waals surface area contributed by atoms with Crippen molar-refractivity contribution in [3.05, 3.63) is 59.9 Å². The van der Waals surface area contributed by atoms with Crippen LogP contribution in [0, 0.1) is 11.9 Å². The Morgan fingerprint density at radius 1 is 1.16 bits per heavy atom. The molecule has 0 spiro atoms. The highest BCUT2D eigenvalue weighted by Crippen LogP contribution is 2.38. The highest BCUT2D eigenvalue weighted by molar-refractivity contribution is 5.96. The minimum atomic E-state index is -4.62. The van der Waals surface area contributed by atoms with E-state index in [4.69, 9.17) is 9.47 Å². The molecule has 11 nitrogen and oxygen atoms in total. The van der Waals surface area contributed by atoms with Gasteiger partial charge in [0.25, 0.3) is 5.95 Å². The van der Waals surface area contributed by atoms with E-state index in [1.54, 1.807) is 30.3 Å². The third-order valence-corrected chi connectivity index (χ3v) is 6.91. The van der Waals surface area contributed by atoms with Crippen LogP contribution >= 0.6 is 0 Å². The van der Waals surface area contributed by atoms with Crippen LogP contribution in [0.1, 0.15) is 43.0 Å². The molecule has 43 heavy (non-hydrogen) atoms. The lowest BCUT2D eigenvalue weighted by Crippen LogP contribution is -2.50. The van der Waals surface area contributed by atoms with Crippen molar-refractivity contribution >= 4 is 17.7 Å². The molecule has 4 rings (SSSR count). The zero-order chi connectivity index (χ0) is 31.2. The fourth-order valence-corrected chi connectivity index (χ4v) is 4.78. The fourth-order valence-electron chi connectivity index (χ4n) is 4.78. The molecule has 2 amide bonds. The summed E-state index contributed by atoms with van der Waals surface area (Å²) < 4.78 is 93.5. The molecule has 1 unspecified atom stereocenters. The van der Waals surface area contributed by atoms with Gasteiger partial charge in [-0.3, -0.25) is 9.48 Å². The van der Waals surface area contributed by atoms with Gasteiger partial charge in [0.1, 0.15) is 30.9 Å². The van der Waals surface area contributed by atoms with Crippen LogP contribution < -0.4 is 10.6 Å². The molecule has 2 aromatic heterocycles. The van der Waals surface area contributed by atoms with Gasteiger partial charge in [0, 0.05) is 20.0 Å². The monoisotopic (exact) mass is 617 g/mol. The molecule has 1 aliphatic rings. The lowest BCUT2D eigenvalue weighted by Gasteiger charge is -2.33. The van der Waals surface area contributed by atoms with E-state index in [9.17, 15) is 35.9 Å². The number of benzene rings is 1. The third-order valence-electron chi connectivity index (χ3n) is 6.91. The molecular weight excluding hydrogens is 588 g/mol. The quantitative estimate of drug-likeness (QED) is 0.304. The predicted octanol–water partition coefficient (Wildman–Crippen LogP) is 4.47. The Balaban J connectivity index is 1.52. The number of alkyl halides is 5. The maximum atomic E-state index is 14.9. The first-order valence-corrected chi connectivity index (χ1v) is 13.2. The number of carbonyl (C=O) groups excluding carboxylic acids is 2. The predicted molar refractivity (Wildman–Crippen MR) is 137 cm³/mol. The second kappa shape index (κ2) is 13.4. The molecule has 3 aromatic rings. The number of hydrogen-bond acceptors (Lipinski definition) is 7. The molecule has 1 aromatic carbocycles. The van der Waals surface area contributed by atoms with E-state index in [0.717, 1.165) is 17.1 Å². The number of methoxy groups -OCH3 is 1. The Morgan fingerprint density at radius 3 is 2.51 bits per heavy atom. The van der Waals surface area contributed by atoms with Gasteiger partial charge in [-0.2, -0.15) is 17.6 Å². The number of rotatable bonds is 11. The van der Waals surface area contributed by atoms with Crippen molar-refractivity contribution in [1.29, 1.82) is 0 Å². The van der Waals surface area contributed by atoms with E-state index in [1.165, 1.54) is 7.11 Å². The number of aromatic nitrogens is 5. The Hall–Kier alpha value is -4.15. The first kappa shape index (κ1) is 31.8. The van der Waals surface area contributed by atoms with Crippen LogP contribution in [0.15, 0.2) is 42.7 Å². The molecule has 2 heterocycles. The van der Waals surface area contributed by atoms with Crippen molar-refractivity contribution in [2.45, 2.75) is 63.0 Å². The second-order valence-electron chi connectivity index (χ2n) is 10.1. The first-order chi connectivity index (χ1) is 20.3. The SMILES string of the molecule is COCC(c1cnnn1CC(F)(F)F)n1cc(NC(=O)[C@@H](NC(=O)OCc2ccccc2)C2CCC(F)(F)CC2)c(F)n1. The van der Waals surface area contributed by atoms with Crippen LogP contribution in [0.2, 0.25) is 0 Å². The molecule has 0 saturated heterocycles. The summed E-state index contributed by atoms with van der Waals surface area (Å²) in [6.07, 6.45) is -4.74. The maximum absolute atomic E-state index is 14.9. The van der Waals surface area contributed by atoms with Crippen molar-refractivity contribution in [1.82, 2.24) is 30.1 Å². The zero-order valence-corrected chi connectivity index (χ0v) is 22.9. The van der Waals surface area contributed by atoms with Crippen molar-refractivity contribution in [3.63, 3.8) is 0 Å². The summed E-state index contributed by atoms with van der Waals surface area (Å²) in [6.45, 7) is -1.84. The number of anilines is 1. The number of ether oxygens (including phenoxy) is 2. The largest absolute Gasteiger partial charge is 0.445 e. The first-order valence-electron chi connectivity index (χ1n) is 13.2. The lowest BCUT2D eigenvalue weighted by molar-refractivity contribution is -0.143. The molecular formula is C26H29F6N7O4. The summed E-state index contributed by atoms with van der Waals surface area (Å²) in [7, 11) is 1.27. The van der Waals surface area contributed by atoms with Gasteiger partial charge in [0.2, 0.25) is 11.8 Å². The van der Waals surface area contributed by atoms with Crippen molar-refractivity contribution in [2.24, 2.45) is 5.92 Å². The van der Waals surface area contributed by atoms with E-state index < -0.39 is 73.1 Å². The summed E-state index contributed by atoms with van der Waals surface area (Å²) in [4.78, 5) is 25.9. The minimum absolute atomic E-state index is 0.0941. The molecule has 2 N–H and O–H groups in total. The summed E-state index contributed by atoms with van der Waals surface area (Å²) in [6, 6.07) is 6.19. The average Bonchev–Trinajstić information content (AvgIpc) is 3.54. The summed E-state index contributed by atoms with van der Waals surface area (Å²) in [5, 5.41) is 15.3. The number of nitrogens with zero attached hydrogens (tertiary/aromatic N) is 5. The number of amides is 2. The van der Waals surface area contributed by atoms with Crippen LogP contribution in [0.5, 0.6) is 0 Å². The van der Waals surface area contributed by atoms with Crippen molar-refractivity contribution in [2.75, 3.05) is 19.0 Å². The van der Waals surface area contributed by atoms with Gasteiger partial charge >= 0.3 is 12.3 Å². The molecule has 0 aliphatic heterocycles. The maximum Gasteiger partial charge on any atom is 0.408 e. The molecule has 234 valence electrons. The highest BCUT2D eigenvalue weighted by atomic mass is 19.4. The minimum Gasteiger partial charge on any atom is -0.445 e. The van der Waals surface area contributed by atoms with Gasteiger partial charge in [0.05, 0.1) is 24.7 Å². The van der Waals surface area contributed by atoms with Gasteiger partial charge in [-0.1, -0.05) is 35.5 Å². The van der Waals surface area contributed by atoms with Gasteiger partial charge in [-0.15, -0.1) is 10.2 Å². The fraction of sp³-hybridized carbons (Fsp3) is 0.500. The highest BCUT2D eigenvalue weighted by Gasteiger charge is 2.41. The standard InChI is InChI=1S/C26H29F6N7O4/c1-42-14-20(19-11-33-37-39(19)15-26(30,31)32)38-12-18(22(27)36-38)34-23(40)21(17-7-9-25(28,29)10-8-17)35-24(41)43-13-16-5-3-2-4-6-16/h2-6,11-12,17,20-21H,7-10,13-15H2,1H3,(H,34,40)(H,35,41)/t20?,21-/m0/s1. The number of alkyl carbamates (subject to hydrolysis) is 1. The molecule has 2 atom stereocenters. The van der Waals surface area contributed by atoms with E-state index in [1.807, 2.05) is 0 Å². The molecule has 17 heteroatoms. The molecule has 0 radical (unpaired) electrons. The van der Waals surface area contributed by atoms with E-state index >= 15 is 0 Å². The van der Waals surface area contributed by atoms with E-state index in [0.29, 0.717) is 10.2 Å². The van der Waals surface area contributed by atoms with E-state index in [-0.39, 0.29) is 31.7 Å². The summed E-state index contributed by atoms with van der Waals surface area (Å²) in [5.41, 5.74) is 0.109. The summed E-state index contributed by atoms with van der Waals surface area (Å²) >= 11 is 0. The van der Waals surface area contributed by atoms with Crippen molar-refractivity contribution < 1.29 is 45.4 Å². The Morgan fingerprint density at radius 2 is 1.86 bits per heavy atom. The molecule has 1 fully saturated rings. The zero-order valence-electron chi connectivity index (χ0n) is 22.9. The van der Waals surface area contributed by atoms with Crippen LogP contribution in [0.4, 0.5) is 36.8 Å². The van der Waals surface area contributed by atoms with Crippen LogP contribution in [-0.4, -0.2) is 68.6 Å². The lowest BCUT2D eigenvalue weighted by atomic mass is 9.81. The van der Waals surface area contributed by atoms with Gasteiger partial charge in [-0.05, 0) is 24.3 Å². The number of hydrogen-bond donors (Lipinski definition) is 2. The number of nitrogens with one attached hydrogen (secondary N) is 2. The smallest absolute Gasteiger partial charge is 0.408 e. The molecule has 1 saturated carbocycles. The van der Waals surface area contributed by atoms with Crippen LogP contribution in [0.25, 0.3) is 0 Å². The normalized spacial score (nSPS) is 16.8. The van der Waals surface area contributed by atoms with Crippen LogP contribution in [0.3, 0.4) is 0 Å². The number of carbonyl (C=O) groups is 2. The Labute approximate surface area is 241 Å². The van der Waals surface area contributed by atoms with Crippen molar-refractivity contribution in [3.8, 4) is 0 Å². The number of halogens is 6. The topological polar surface area (TPSA) is 125 Å². The van der Waals surface area contributed by atoms with Gasteiger partial charge in [0.15, 0.2) is 0 Å². The average molecular weight is 618 g/mol. The summed E-state index contributed by atoms with van der Waals surface area (Å²) in [5.74, 6) is -5.74. The van der Waals surface area contributed by atoms with Crippen LogP contribution in [-0.2, 0) is 27.4 Å². The molecule has 0 bridgehead atoms. The second-order valence-corrected chi connectivity index (χ2v) is 10.1. The Bertz CT molecular complexity index is 1370.